The van der Waals surface area contributed by atoms with Gasteiger partial charge in [0.25, 0.3) is 5.91 Å². The molecule has 37 heavy (non-hydrogen) atoms. The van der Waals surface area contributed by atoms with Crippen LogP contribution in [0.3, 0.4) is 0 Å². The Morgan fingerprint density at radius 3 is 2.73 bits per heavy atom. The lowest BCUT2D eigenvalue weighted by Crippen LogP contribution is -2.14. The molecule has 0 bridgehead atoms. The van der Waals surface area contributed by atoms with E-state index >= 15 is 0 Å². The minimum absolute atomic E-state index is 0.0309. The van der Waals surface area contributed by atoms with Crippen molar-refractivity contribution in [2.24, 2.45) is 5.73 Å². The topological polar surface area (TPSA) is 136 Å². The lowest BCUT2D eigenvalue weighted by atomic mass is 10.0. The highest BCUT2D eigenvalue weighted by atomic mass is 32.1. The summed E-state index contributed by atoms with van der Waals surface area (Å²) in [6, 6.07) is 13.0. The largest absolute Gasteiger partial charge is 0.435 e. The van der Waals surface area contributed by atoms with Gasteiger partial charge in [-0.25, -0.2) is 14.4 Å². The number of nitrogens with one attached hydrogen (secondary N) is 2. The average Bonchev–Trinajstić information content (AvgIpc) is 3.41. The number of ether oxygens (including phenoxy) is 1. The zero-order valence-electron chi connectivity index (χ0n) is 19.8. The zero-order chi connectivity index (χ0) is 26.1. The minimum Gasteiger partial charge on any atom is -0.435 e. The molecule has 0 fully saturated rings. The van der Waals surface area contributed by atoms with E-state index in [1.807, 2.05) is 32.0 Å². The number of thiazole rings is 1. The number of primary amides is 1. The summed E-state index contributed by atoms with van der Waals surface area (Å²) in [5.41, 5.74) is 10.4. The summed E-state index contributed by atoms with van der Waals surface area (Å²) in [5, 5.41) is 10.5. The predicted octanol–water partition coefficient (Wildman–Crippen LogP) is 4.91. The number of anilines is 1. The second-order valence-electron chi connectivity index (χ2n) is 8.32. The molecule has 0 saturated carbocycles. The number of nitrogens with zero attached hydrogens (tertiary/aromatic N) is 3. The molecule has 0 atom stereocenters. The summed E-state index contributed by atoms with van der Waals surface area (Å²) in [6.07, 6.45) is 1.34. The molecule has 0 aliphatic heterocycles. The highest BCUT2D eigenvalue weighted by Crippen LogP contribution is 2.32. The summed E-state index contributed by atoms with van der Waals surface area (Å²) in [4.78, 5) is 32.6. The van der Waals surface area contributed by atoms with Crippen molar-refractivity contribution >= 4 is 38.5 Å². The van der Waals surface area contributed by atoms with E-state index in [1.54, 1.807) is 6.07 Å². The van der Waals surface area contributed by atoms with Crippen LogP contribution in [-0.2, 0) is 11.2 Å². The van der Waals surface area contributed by atoms with Gasteiger partial charge >= 0.3 is 0 Å². The van der Waals surface area contributed by atoms with Gasteiger partial charge in [0.05, 0.1) is 22.3 Å². The number of pyridine rings is 1. The summed E-state index contributed by atoms with van der Waals surface area (Å²) in [5.74, 6) is -2.03. The predicted molar refractivity (Wildman–Crippen MR) is 138 cm³/mol. The van der Waals surface area contributed by atoms with Crippen molar-refractivity contribution in [2.45, 2.75) is 20.3 Å². The first-order valence-corrected chi connectivity index (χ1v) is 12.0. The number of nitrogens with two attached hydrogens (primary N) is 1. The summed E-state index contributed by atoms with van der Waals surface area (Å²) < 4.78 is 21.0. The maximum atomic E-state index is 14.7. The second-order valence-corrected chi connectivity index (χ2v) is 9.35. The van der Waals surface area contributed by atoms with Crippen molar-refractivity contribution in [1.82, 2.24) is 20.2 Å². The first-order chi connectivity index (χ1) is 17.8. The smallest absolute Gasteiger partial charge is 0.254 e. The number of benzene rings is 2. The number of aromatic nitrogens is 4. The number of aromatic amines is 1. The number of H-pyrrole nitrogens is 1. The Morgan fingerprint density at radius 2 is 2.00 bits per heavy atom. The maximum absolute atomic E-state index is 14.7. The quantitative estimate of drug-likeness (QED) is 0.281. The monoisotopic (exact) mass is 516 g/mol. The van der Waals surface area contributed by atoms with Gasteiger partial charge in [-0.3, -0.25) is 14.7 Å². The highest BCUT2D eigenvalue weighted by molar-refractivity contribution is 7.22. The Labute approximate surface area is 214 Å². The fraction of sp³-hybridized carbons (Fsp3) is 0.115. The normalized spacial score (nSPS) is 11.0. The lowest BCUT2D eigenvalue weighted by Gasteiger charge is -2.09. The summed E-state index contributed by atoms with van der Waals surface area (Å²) in [6.45, 7) is 3.90. The standard InChI is InChI=1S/C26H21FN6O3S/c1-13-23(14(2)33-32-13)16-6-8-21-19(12-16)30-26(37-21)31-22(34)11-15-5-7-20(18(27)10-15)36-25-17(24(28)35)4-3-9-29-25/h3-10,12H,11H2,1-2H3,(H2,28,35)(H,32,33)(H,30,31,34). The van der Waals surface area contributed by atoms with Crippen molar-refractivity contribution in [3.05, 3.63) is 83.1 Å². The molecule has 11 heteroatoms. The number of fused-ring (bicyclic) bond motifs is 1. The number of halogens is 1. The van der Waals surface area contributed by atoms with Crippen LogP contribution in [0.15, 0.2) is 54.7 Å². The van der Waals surface area contributed by atoms with E-state index in [1.165, 1.54) is 41.8 Å². The summed E-state index contributed by atoms with van der Waals surface area (Å²) in [7, 11) is 0. The molecule has 5 rings (SSSR count). The molecule has 5 aromatic rings. The molecule has 0 saturated heterocycles. The van der Waals surface area contributed by atoms with Crippen LogP contribution < -0.4 is 15.8 Å². The Hall–Kier alpha value is -4.64. The molecule has 0 radical (unpaired) electrons. The Bertz CT molecular complexity index is 1640. The fourth-order valence-electron chi connectivity index (χ4n) is 3.96. The molecule has 0 unspecified atom stereocenters. The van der Waals surface area contributed by atoms with Crippen LogP contribution in [-0.4, -0.2) is 32.0 Å². The Kier molecular flexibility index (Phi) is 6.36. The van der Waals surface area contributed by atoms with Gasteiger partial charge in [0.1, 0.15) is 5.56 Å². The van der Waals surface area contributed by atoms with Crippen LogP contribution in [0, 0.1) is 19.7 Å². The van der Waals surface area contributed by atoms with Crippen LogP contribution in [0.2, 0.25) is 0 Å². The van der Waals surface area contributed by atoms with Crippen LogP contribution in [0.5, 0.6) is 11.6 Å². The SMILES string of the molecule is Cc1n[nH]c(C)c1-c1ccc2sc(NC(=O)Cc3ccc(Oc4ncccc4C(N)=O)c(F)c3)nc2c1. The van der Waals surface area contributed by atoms with Crippen molar-refractivity contribution in [1.29, 1.82) is 0 Å². The van der Waals surface area contributed by atoms with Gasteiger partial charge in [-0.15, -0.1) is 0 Å². The van der Waals surface area contributed by atoms with E-state index in [9.17, 15) is 14.0 Å². The van der Waals surface area contributed by atoms with E-state index in [2.05, 4.69) is 25.5 Å². The number of hydrogen-bond donors (Lipinski definition) is 3. The maximum Gasteiger partial charge on any atom is 0.254 e. The van der Waals surface area contributed by atoms with Crippen molar-refractivity contribution < 1.29 is 18.7 Å². The number of amides is 2. The van der Waals surface area contributed by atoms with Crippen LogP contribution >= 0.6 is 11.3 Å². The van der Waals surface area contributed by atoms with E-state index < -0.39 is 11.7 Å². The molecule has 4 N–H and O–H groups in total. The Morgan fingerprint density at radius 1 is 1.16 bits per heavy atom. The van der Waals surface area contributed by atoms with Gasteiger partial charge in [-0.2, -0.15) is 5.10 Å². The zero-order valence-corrected chi connectivity index (χ0v) is 20.6. The molecular weight excluding hydrogens is 495 g/mol. The average molecular weight is 517 g/mol. The van der Waals surface area contributed by atoms with Gasteiger partial charge in [-0.05, 0) is 61.4 Å². The third-order valence-electron chi connectivity index (χ3n) is 5.65. The van der Waals surface area contributed by atoms with E-state index in [0.717, 1.165) is 32.7 Å². The van der Waals surface area contributed by atoms with Gasteiger partial charge in [0, 0.05) is 17.5 Å². The third kappa shape index (κ3) is 5.02. The third-order valence-corrected chi connectivity index (χ3v) is 6.61. The van der Waals surface area contributed by atoms with Crippen molar-refractivity contribution in [3.8, 4) is 22.8 Å². The van der Waals surface area contributed by atoms with Gasteiger partial charge in [0.15, 0.2) is 16.7 Å². The molecule has 9 nitrogen and oxygen atoms in total. The van der Waals surface area contributed by atoms with Gasteiger partial charge < -0.3 is 15.8 Å². The molecular formula is C26H21FN6O3S. The molecule has 3 aromatic heterocycles. The number of carbonyl (C=O) groups excluding carboxylic acids is 2. The first kappa shape index (κ1) is 24.1. The Balaban J connectivity index is 1.28. The second kappa shape index (κ2) is 9.78. The van der Waals surface area contributed by atoms with Gasteiger partial charge in [-0.1, -0.05) is 23.5 Å². The number of hydrogen-bond acceptors (Lipinski definition) is 7. The minimum atomic E-state index is -0.741. The lowest BCUT2D eigenvalue weighted by molar-refractivity contribution is -0.115. The van der Waals surface area contributed by atoms with Crippen LogP contribution in [0.25, 0.3) is 21.3 Å². The van der Waals surface area contributed by atoms with Crippen LogP contribution in [0.4, 0.5) is 9.52 Å². The van der Waals surface area contributed by atoms with E-state index in [0.29, 0.717) is 10.7 Å². The van der Waals surface area contributed by atoms with E-state index in [4.69, 9.17) is 10.5 Å². The van der Waals surface area contributed by atoms with E-state index in [-0.39, 0.29) is 29.5 Å². The van der Waals surface area contributed by atoms with Crippen LogP contribution in [0.1, 0.15) is 27.3 Å². The van der Waals surface area contributed by atoms with Crippen molar-refractivity contribution in [3.63, 3.8) is 0 Å². The molecule has 2 aromatic carbocycles. The summed E-state index contributed by atoms with van der Waals surface area (Å²) >= 11 is 1.36. The molecule has 186 valence electrons. The number of carbonyl (C=O) groups is 2. The fourth-order valence-corrected chi connectivity index (χ4v) is 4.82. The molecule has 0 aliphatic rings. The molecule has 2 amide bonds. The first-order valence-electron chi connectivity index (χ1n) is 11.2. The molecule has 0 aliphatic carbocycles. The number of rotatable bonds is 7. The van der Waals surface area contributed by atoms with Gasteiger partial charge in [0.2, 0.25) is 11.8 Å². The highest BCUT2D eigenvalue weighted by Gasteiger charge is 2.16. The van der Waals surface area contributed by atoms with Crippen molar-refractivity contribution in [2.75, 3.05) is 5.32 Å². The molecule has 3 heterocycles. The molecule has 0 spiro atoms. The number of aryl methyl sites for hydroxylation is 2.